The Labute approximate surface area is 138 Å². The third-order valence-corrected chi connectivity index (χ3v) is 5.05. The molecule has 3 rings (SSSR count). The molecule has 0 aromatic heterocycles. The highest BCUT2D eigenvalue weighted by molar-refractivity contribution is 5.74. The fraction of sp³-hybridized carbons (Fsp3) is 0.588. The minimum absolute atomic E-state index is 0.0563. The van der Waals surface area contributed by atoms with Crippen LogP contribution in [-0.4, -0.2) is 48.5 Å². The van der Waals surface area contributed by atoms with Crippen molar-refractivity contribution >= 4 is 6.03 Å². The molecule has 0 radical (unpaired) electrons. The van der Waals surface area contributed by atoms with Crippen molar-refractivity contribution in [3.63, 3.8) is 0 Å². The molecule has 2 N–H and O–H groups in total. The highest BCUT2D eigenvalue weighted by Gasteiger charge is 2.50. The number of carbonyl (C=O) groups is 1. The molecule has 4 atom stereocenters. The molecule has 1 saturated heterocycles. The van der Waals surface area contributed by atoms with Crippen molar-refractivity contribution in [3.8, 4) is 0 Å². The van der Waals surface area contributed by atoms with Crippen LogP contribution >= 0.6 is 0 Å². The quantitative estimate of drug-likeness (QED) is 0.884. The first-order chi connectivity index (χ1) is 11.4. The molecular formula is C17H21F3N2O2. The molecule has 1 saturated carbocycles. The van der Waals surface area contributed by atoms with Gasteiger partial charge in [0.05, 0.1) is 5.92 Å². The first-order valence-corrected chi connectivity index (χ1v) is 8.15. The summed E-state index contributed by atoms with van der Waals surface area (Å²) in [6, 6.07) is 9.52. The van der Waals surface area contributed by atoms with E-state index in [2.05, 4.69) is 5.32 Å². The number of alkyl halides is 3. The Bertz CT molecular complexity index is 579. The maximum atomic E-state index is 12.9. The summed E-state index contributed by atoms with van der Waals surface area (Å²) < 4.78 is 38.8. The van der Waals surface area contributed by atoms with Gasteiger partial charge >= 0.3 is 12.2 Å². The fourth-order valence-corrected chi connectivity index (χ4v) is 3.50. The van der Waals surface area contributed by atoms with E-state index in [9.17, 15) is 18.0 Å². The Hall–Kier alpha value is -1.76. The van der Waals surface area contributed by atoms with Crippen molar-refractivity contribution in [2.75, 3.05) is 26.2 Å². The number of nitrogens with one attached hydrogen (secondary N) is 1. The predicted octanol–water partition coefficient (Wildman–Crippen LogP) is 2.60. The molecule has 1 aromatic carbocycles. The van der Waals surface area contributed by atoms with E-state index in [1.54, 1.807) is 0 Å². The van der Waals surface area contributed by atoms with E-state index in [-0.39, 0.29) is 13.1 Å². The van der Waals surface area contributed by atoms with Gasteiger partial charge in [0.2, 0.25) is 0 Å². The minimum atomic E-state index is -4.39. The van der Waals surface area contributed by atoms with Crippen molar-refractivity contribution in [1.82, 2.24) is 10.2 Å². The minimum Gasteiger partial charge on any atom is -0.396 e. The SMILES string of the molecule is O=C(NC[C@@H]1C[C@H]1c1ccccc1)N1C[C@@H](CO)[C@H](C(F)(F)F)C1. The third-order valence-electron chi connectivity index (χ3n) is 5.05. The summed E-state index contributed by atoms with van der Waals surface area (Å²) >= 11 is 0. The van der Waals surface area contributed by atoms with Crippen LogP contribution in [0.2, 0.25) is 0 Å². The number of rotatable bonds is 4. The van der Waals surface area contributed by atoms with Gasteiger partial charge in [0, 0.05) is 32.2 Å². The number of hydrogen-bond donors (Lipinski definition) is 2. The molecule has 2 fully saturated rings. The van der Waals surface area contributed by atoms with Crippen molar-refractivity contribution in [2.24, 2.45) is 17.8 Å². The number of nitrogens with zero attached hydrogens (tertiary/aromatic N) is 1. The molecule has 7 heteroatoms. The number of urea groups is 1. The zero-order valence-electron chi connectivity index (χ0n) is 13.2. The molecule has 1 aliphatic carbocycles. The Balaban J connectivity index is 1.48. The molecule has 24 heavy (non-hydrogen) atoms. The molecule has 1 aromatic rings. The monoisotopic (exact) mass is 342 g/mol. The van der Waals surface area contributed by atoms with Crippen LogP contribution in [0, 0.1) is 17.8 Å². The van der Waals surface area contributed by atoms with Crippen molar-refractivity contribution < 1.29 is 23.1 Å². The van der Waals surface area contributed by atoms with Gasteiger partial charge < -0.3 is 15.3 Å². The smallest absolute Gasteiger partial charge is 0.393 e. The van der Waals surface area contributed by atoms with Gasteiger partial charge in [0.25, 0.3) is 0 Å². The first kappa shape index (κ1) is 17.1. The largest absolute Gasteiger partial charge is 0.396 e. The van der Waals surface area contributed by atoms with Crippen LogP contribution in [0.3, 0.4) is 0 Å². The third kappa shape index (κ3) is 3.66. The fourth-order valence-electron chi connectivity index (χ4n) is 3.50. The lowest BCUT2D eigenvalue weighted by Gasteiger charge is -2.19. The zero-order valence-corrected chi connectivity index (χ0v) is 13.2. The molecule has 2 amide bonds. The molecule has 1 heterocycles. The van der Waals surface area contributed by atoms with E-state index < -0.39 is 30.7 Å². The summed E-state index contributed by atoms with van der Waals surface area (Å²) in [5.41, 5.74) is 1.23. The van der Waals surface area contributed by atoms with Crippen molar-refractivity contribution in [3.05, 3.63) is 35.9 Å². The highest BCUT2D eigenvalue weighted by Crippen LogP contribution is 2.46. The molecule has 0 bridgehead atoms. The number of likely N-dealkylation sites (tertiary alicyclic amines) is 1. The van der Waals surface area contributed by atoms with Crippen molar-refractivity contribution in [1.29, 1.82) is 0 Å². The van der Waals surface area contributed by atoms with Crippen molar-refractivity contribution in [2.45, 2.75) is 18.5 Å². The zero-order chi connectivity index (χ0) is 17.3. The molecule has 1 aliphatic heterocycles. The number of benzene rings is 1. The summed E-state index contributed by atoms with van der Waals surface area (Å²) in [5, 5.41) is 11.9. The molecule has 2 aliphatic rings. The van der Waals surface area contributed by atoms with Crippen LogP contribution in [0.1, 0.15) is 17.9 Å². The second-order valence-electron chi connectivity index (χ2n) is 6.69. The Morgan fingerprint density at radius 2 is 1.92 bits per heavy atom. The van der Waals surface area contributed by atoms with E-state index in [1.807, 2.05) is 30.3 Å². The lowest BCUT2D eigenvalue weighted by atomic mass is 9.97. The first-order valence-electron chi connectivity index (χ1n) is 8.15. The highest BCUT2D eigenvalue weighted by atomic mass is 19.4. The van der Waals surface area contributed by atoms with Gasteiger partial charge in [-0.15, -0.1) is 0 Å². The van der Waals surface area contributed by atoms with E-state index in [4.69, 9.17) is 5.11 Å². The van der Waals surface area contributed by atoms with Crippen LogP contribution in [0.5, 0.6) is 0 Å². The molecule has 4 nitrogen and oxygen atoms in total. The van der Waals surface area contributed by atoms with Crippen LogP contribution < -0.4 is 5.32 Å². The summed E-state index contributed by atoms with van der Waals surface area (Å²) in [7, 11) is 0. The van der Waals surface area contributed by atoms with Gasteiger partial charge in [-0.1, -0.05) is 30.3 Å². The second-order valence-corrected chi connectivity index (χ2v) is 6.69. The maximum Gasteiger partial charge on any atom is 0.393 e. The number of hydrogen-bond acceptors (Lipinski definition) is 2. The van der Waals surface area contributed by atoms with E-state index >= 15 is 0 Å². The average Bonchev–Trinajstić information content (AvgIpc) is 3.19. The summed E-state index contributed by atoms with van der Waals surface area (Å²) in [6.45, 7) is -0.533. The van der Waals surface area contributed by atoms with Crippen LogP contribution in [0.4, 0.5) is 18.0 Å². The van der Waals surface area contributed by atoms with Crippen LogP contribution in [0.25, 0.3) is 0 Å². The number of amides is 2. The normalized spacial score (nSPS) is 29.6. The molecule has 0 unspecified atom stereocenters. The van der Waals surface area contributed by atoms with E-state index in [1.165, 1.54) is 10.5 Å². The van der Waals surface area contributed by atoms with E-state index in [0.717, 1.165) is 6.42 Å². The van der Waals surface area contributed by atoms with Crippen LogP contribution in [-0.2, 0) is 0 Å². The standard InChI is InChI=1S/C17H21F3N2O2/c18-17(19,20)15-9-22(8-13(15)10-23)16(24)21-7-12-6-14(12)11-4-2-1-3-5-11/h1-5,12-15,23H,6-10H2,(H,21,24)/t12-,13-,14-,15+/m0/s1. The molecular weight excluding hydrogens is 321 g/mol. The Kier molecular flexibility index (Phi) is 4.71. The Morgan fingerprint density at radius 3 is 2.50 bits per heavy atom. The summed E-state index contributed by atoms with van der Waals surface area (Å²) in [6.07, 6.45) is -3.41. The molecule has 0 spiro atoms. The van der Waals surface area contributed by atoms with Gasteiger partial charge in [0.1, 0.15) is 0 Å². The van der Waals surface area contributed by atoms with Gasteiger partial charge in [-0.25, -0.2) is 4.79 Å². The van der Waals surface area contributed by atoms with Gasteiger partial charge in [-0.05, 0) is 23.8 Å². The van der Waals surface area contributed by atoms with Gasteiger partial charge in [-0.2, -0.15) is 13.2 Å². The maximum absolute atomic E-state index is 12.9. The summed E-state index contributed by atoms with van der Waals surface area (Å²) in [5.74, 6) is -1.83. The lowest BCUT2D eigenvalue weighted by Crippen LogP contribution is -2.40. The Morgan fingerprint density at radius 1 is 1.21 bits per heavy atom. The number of halogens is 3. The summed E-state index contributed by atoms with van der Waals surface area (Å²) in [4.78, 5) is 13.3. The van der Waals surface area contributed by atoms with Gasteiger partial charge in [0.15, 0.2) is 0 Å². The predicted molar refractivity (Wildman–Crippen MR) is 82.4 cm³/mol. The lowest BCUT2D eigenvalue weighted by molar-refractivity contribution is -0.182. The average molecular weight is 342 g/mol. The van der Waals surface area contributed by atoms with Crippen LogP contribution in [0.15, 0.2) is 30.3 Å². The number of aliphatic hydroxyl groups excluding tert-OH is 1. The number of carbonyl (C=O) groups excluding carboxylic acids is 1. The number of aliphatic hydroxyl groups is 1. The second kappa shape index (κ2) is 6.63. The van der Waals surface area contributed by atoms with E-state index in [0.29, 0.717) is 18.4 Å². The topological polar surface area (TPSA) is 52.6 Å². The van der Waals surface area contributed by atoms with Gasteiger partial charge in [-0.3, -0.25) is 0 Å². The molecule has 132 valence electrons.